The van der Waals surface area contributed by atoms with Crippen molar-refractivity contribution in [1.29, 1.82) is 0 Å². The van der Waals surface area contributed by atoms with E-state index in [0.29, 0.717) is 16.9 Å². The molecule has 37 heavy (non-hydrogen) atoms. The van der Waals surface area contributed by atoms with Gasteiger partial charge in [-0.2, -0.15) is 0 Å². The Morgan fingerprint density at radius 1 is 1.03 bits per heavy atom. The number of aryl methyl sites for hydroxylation is 2. The van der Waals surface area contributed by atoms with Crippen LogP contribution >= 0.6 is 0 Å². The number of rotatable bonds is 6. The molecule has 190 valence electrons. The third-order valence-electron chi connectivity index (χ3n) is 7.29. The minimum atomic E-state index is -0.122. The van der Waals surface area contributed by atoms with Crippen molar-refractivity contribution in [2.75, 3.05) is 24.1 Å². The van der Waals surface area contributed by atoms with Crippen molar-refractivity contribution in [2.24, 2.45) is 0 Å². The Bertz CT molecular complexity index is 1420. The molecule has 0 unspecified atom stereocenters. The van der Waals surface area contributed by atoms with Crippen molar-refractivity contribution < 1.29 is 9.53 Å². The number of hydrogen-bond acceptors (Lipinski definition) is 5. The second-order valence-electron chi connectivity index (χ2n) is 9.99. The number of nitrogens with one attached hydrogen (secondary N) is 1. The average molecular weight is 495 g/mol. The summed E-state index contributed by atoms with van der Waals surface area (Å²) in [6.45, 7) is 8.60. The largest absolute Gasteiger partial charge is 0.490 e. The molecule has 0 saturated carbocycles. The highest BCUT2D eigenvalue weighted by atomic mass is 16.5. The molecule has 0 spiro atoms. The number of anilines is 2. The smallest absolute Gasteiger partial charge is 0.255 e. The van der Waals surface area contributed by atoms with Crippen LogP contribution in [-0.2, 0) is 6.54 Å². The molecule has 0 bridgehead atoms. The lowest BCUT2D eigenvalue weighted by atomic mass is 10.0. The SMILES string of the molecule is Cc1ccc(OC2CCN(Cc3ccccc3C(=O)Nc3ccc4nc(C)c(C)c(N)c4c3)CC2)cc1. The van der Waals surface area contributed by atoms with Crippen molar-refractivity contribution in [3.05, 3.63) is 94.7 Å². The highest BCUT2D eigenvalue weighted by Gasteiger charge is 2.22. The average Bonchev–Trinajstić information content (AvgIpc) is 2.90. The van der Waals surface area contributed by atoms with Gasteiger partial charge in [0, 0.05) is 47.7 Å². The van der Waals surface area contributed by atoms with Crippen LogP contribution in [0.15, 0.2) is 66.7 Å². The molecule has 3 aromatic carbocycles. The number of carbonyl (C=O) groups excluding carboxylic acids is 1. The van der Waals surface area contributed by atoms with Gasteiger partial charge in [0.1, 0.15) is 11.9 Å². The van der Waals surface area contributed by atoms with E-state index in [1.807, 2.05) is 68.4 Å². The third-order valence-corrected chi connectivity index (χ3v) is 7.29. The third kappa shape index (κ3) is 5.59. The fourth-order valence-corrected chi connectivity index (χ4v) is 4.90. The lowest BCUT2D eigenvalue weighted by Gasteiger charge is -2.32. The van der Waals surface area contributed by atoms with Gasteiger partial charge in [-0.1, -0.05) is 35.9 Å². The molecule has 1 aromatic heterocycles. The number of amides is 1. The molecule has 0 aliphatic carbocycles. The number of nitrogen functional groups attached to an aromatic ring is 1. The molecule has 1 aliphatic rings. The first-order chi connectivity index (χ1) is 17.9. The van der Waals surface area contributed by atoms with Gasteiger partial charge in [-0.3, -0.25) is 14.7 Å². The second kappa shape index (κ2) is 10.6. The lowest BCUT2D eigenvalue weighted by molar-refractivity contribution is 0.0953. The molecule has 1 aliphatic heterocycles. The standard InChI is InChI=1S/C31H34N4O2/c1-20-8-11-25(12-9-20)37-26-14-16-35(17-15-26)19-23-6-4-5-7-27(23)31(36)34-24-10-13-29-28(18-24)30(32)21(2)22(3)33-29/h4-13,18,26H,14-17,19H2,1-3H3,(H2,32,33)(H,34,36). The van der Waals surface area contributed by atoms with Crippen LogP contribution in [0.25, 0.3) is 10.9 Å². The predicted octanol–water partition coefficient (Wildman–Crippen LogP) is 6.04. The van der Waals surface area contributed by atoms with Crippen LogP contribution in [0.1, 0.15) is 45.6 Å². The van der Waals surface area contributed by atoms with E-state index in [0.717, 1.165) is 65.9 Å². The highest BCUT2D eigenvalue weighted by Crippen LogP contribution is 2.28. The van der Waals surface area contributed by atoms with Gasteiger partial charge in [0.15, 0.2) is 0 Å². The fourth-order valence-electron chi connectivity index (χ4n) is 4.90. The molecule has 6 nitrogen and oxygen atoms in total. The summed E-state index contributed by atoms with van der Waals surface area (Å²) in [5.74, 6) is 0.811. The summed E-state index contributed by atoms with van der Waals surface area (Å²) in [5.41, 5.74) is 13.4. The molecule has 1 amide bonds. The highest BCUT2D eigenvalue weighted by molar-refractivity contribution is 6.06. The van der Waals surface area contributed by atoms with Crippen molar-refractivity contribution in [2.45, 2.75) is 46.3 Å². The number of nitrogens with zero attached hydrogens (tertiary/aromatic N) is 2. The monoisotopic (exact) mass is 494 g/mol. The van der Waals surface area contributed by atoms with Gasteiger partial charge in [0.25, 0.3) is 5.91 Å². The van der Waals surface area contributed by atoms with E-state index in [1.54, 1.807) is 0 Å². The molecule has 0 radical (unpaired) electrons. The summed E-state index contributed by atoms with van der Waals surface area (Å²) in [5, 5.41) is 3.92. The Kier molecular flexibility index (Phi) is 7.10. The van der Waals surface area contributed by atoms with Crippen LogP contribution < -0.4 is 15.8 Å². The lowest BCUT2D eigenvalue weighted by Crippen LogP contribution is -2.38. The molecule has 1 saturated heterocycles. The predicted molar refractivity (Wildman–Crippen MR) is 150 cm³/mol. The van der Waals surface area contributed by atoms with Gasteiger partial charge in [-0.25, -0.2) is 0 Å². The summed E-state index contributed by atoms with van der Waals surface area (Å²) in [7, 11) is 0. The Labute approximate surface area is 218 Å². The minimum absolute atomic E-state index is 0.122. The van der Waals surface area contributed by atoms with Crippen LogP contribution in [0.3, 0.4) is 0 Å². The molecule has 6 heteroatoms. The molecule has 5 rings (SSSR count). The number of fused-ring (bicyclic) bond motifs is 1. The number of benzene rings is 3. The fraction of sp³-hybridized carbons (Fsp3) is 0.290. The van der Waals surface area contributed by atoms with E-state index >= 15 is 0 Å². The van der Waals surface area contributed by atoms with Crippen LogP contribution in [0.4, 0.5) is 11.4 Å². The Balaban J connectivity index is 1.24. The van der Waals surface area contributed by atoms with Crippen molar-refractivity contribution >= 4 is 28.2 Å². The number of nitrogens with two attached hydrogens (primary N) is 1. The van der Waals surface area contributed by atoms with Crippen LogP contribution in [-0.4, -0.2) is 35.0 Å². The van der Waals surface area contributed by atoms with Gasteiger partial charge < -0.3 is 15.8 Å². The van der Waals surface area contributed by atoms with Gasteiger partial charge in [0.05, 0.1) is 5.52 Å². The zero-order chi connectivity index (χ0) is 25.9. The topological polar surface area (TPSA) is 80.5 Å². The first-order valence-corrected chi connectivity index (χ1v) is 12.9. The van der Waals surface area contributed by atoms with E-state index in [2.05, 4.69) is 34.3 Å². The zero-order valence-electron chi connectivity index (χ0n) is 21.8. The van der Waals surface area contributed by atoms with Gasteiger partial charge in [-0.05, 0) is 81.1 Å². The zero-order valence-corrected chi connectivity index (χ0v) is 21.8. The van der Waals surface area contributed by atoms with E-state index in [4.69, 9.17) is 10.5 Å². The van der Waals surface area contributed by atoms with Crippen LogP contribution in [0, 0.1) is 20.8 Å². The number of hydrogen-bond donors (Lipinski definition) is 2. The molecule has 4 aromatic rings. The summed E-state index contributed by atoms with van der Waals surface area (Å²) in [6.07, 6.45) is 2.15. The normalized spacial score (nSPS) is 14.6. The molecular weight excluding hydrogens is 460 g/mol. The number of aromatic nitrogens is 1. The van der Waals surface area contributed by atoms with E-state index in [-0.39, 0.29) is 12.0 Å². The number of pyridine rings is 1. The Morgan fingerprint density at radius 2 is 1.76 bits per heavy atom. The quantitative estimate of drug-likeness (QED) is 0.342. The van der Waals surface area contributed by atoms with E-state index in [9.17, 15) is 4.79 Å². The molecular formula is C31H34N4O2. The Morgan fingerprint density at radius 3 is 2.51 bits per heavy atom. The van der Waals surface area contributed by atoms with Crippen LogP contribution in [0.2, 0.25) is 0 Å². The first kappa shape index (κ1) is 24.8. The van der Waals surface area contributed by atoms with Crippen molar-refractivity contribution in [3.8, 4) is 5.75 Å². The summed E-state index contributed by atoms with van der Waals surface area (Å²) in [6, 6.07) is 21.8. The number of piperidine rings is 1. The summed E-state index contributed by atoms with van der Waals surface area (Å²) < 4.78 is 6.19. The minimum Gasteiger partial charge on any atom is -0.490 e. The maximum absolute atomic E-state index is 13.3. The second-order valence-corrected chi connectivity index (χ2v) is 9.99. The van der Waals surface area contributed by atoms with Crippen molar-refractivity contribution in [3.63, 3.8) is 0 Å². The van der Waals surface area contributed by atoms with E-state index in [1.165, 1.54) is 5.56 Å². The summed E-state index contributed by atoms with van der Waals surface area (Å²) in [4.78, 5) is 20.3. The Hall–Kier alpha value is -3.90. The van der Waals surface area contributed by atoms with Crippen molar-refractivity contribution in [1.82, 2.24) is 9.88 Å². The van der Waals surface area contributed by atoms with E-state index < -0.39 is 0 Å². The number of likely N-dealkylation sites (tertiary alicyclic amines) is 1. The number of ether oxygens (including phenoxy) is 1. The number of carbonyl (C=O) groups is 1. The molecule has 0 atom stereocenters. The van der Waals surface area contributed by atoms with Gasteiger partial charge in [-0.15, -0.1) is 0 Å². The maximum Gasteiger partial charge on any atom is 0.255 e. The van der Waals surface area contributed by atoms with Crippen LogP contribution in [0.5, 0.6) is 5.75 Å². The van der Waals surface area contributed by atoms with Gasteiger partial charge >= 0.3 is 0 Å². The van der Waals surface area contributed by atoms with Gasteiger partial charge in [0.2, 0.25) is 0 Å². The maximum atomic E-state index is 13.3. The molecule has 1 fully saturated rings. The molecule has 3 N–H and O–H groups in total. The first-order valence-electron chi connectivity index (χ1n) is 12.9. The molecule has 2 heterocycles. The summed E-state index contributed by atoms with van der Waals surface area (Å²) >= 11 is 0.